The lowest BCUT2D eigenvalue weighted by Crippen LogP contribution is -2.48. The van der Waals surface area contributed by atoms with Crippen LogP contribution in [0.5, 0.6) is 0 Å². The standard InChI is InChI=1S/C19H26N4O2/c1-13-5-4-6-16-18(13)21-9-14(2)19(16)23-7-8-25-15(11-23)10-22(3)12-17(20)24/h4-6,9,15H,7-8,10-12H2,1-3H3,(H2,20,24)/t15-/m0/s1. The maximum atomic E-state index is 11.1. The van der Waals surface area contributed by atoms with Crippen molar-refractivity contribution < 1.29 is 9.53 Å². The first-order valence-electron chi connectivity index (χ1n) is 8.64. The van der Waals surface area contributed by atoms with Gasteiger partial charge in [0.15, 0.2) is 0 Å². The number of rotatable bonds is 5. The lowest BCUT2D eigenvalue weighted by atomic mass is 10.0. The zero-order chi connectivity index (χ0) is 18.0. The molecule has 1 aliphatic heterocycles. The van der Waals surface area contributed by atoms with E-state index in [9.17, 15) is 4.79 Å². The number of aromatic nitrogens is 1. The first kappa shape index (κ1) is 17.6. The molecular weight excluding hydrogens is 316 g/mol. The monoisotopic (exact) mass is 342 g/mol. The summed E-state index contributed by atoms with van der Waals surface area (Å²) in [7, 11) is 1.89. The fourth-order valence-corrected chi connectivity index (χ4v) is 3.59. The van der Waals surface area contributed by atoms with Gasteiger partial charge in [-0.05, 0) is 32.0 Å². The first-order chi connectivity index (χ1) is 12.0. The summed E-state index contributed by atoms with van der Waals surface area (Å²) in [6.45, 7) is 7.44. The van der Waals surface area contributed by atoms with Crippen LogP contribution in [-0.4, -0.2) is 61.7 Å². The second-order valence-electron chi connectivity index (χ2n) is 6.86. The van der Waals surface area contributed by atoms with Gasteiger partial charge in [-0.1, -0.05) is 18.2 Å². The van der Waals surface area contributed by atoms with Crippen molar-refractivity contribution in [3.8, 4) is 0 Å². The summed E-state index contributed by atoms with van der Waals surface area (Å²) in [5.41, 5.74) is 9.92. The third-order valence-electron chi connectivity index (χ3n) is 4.65. The van der Waals surface area contributed by atoms with E-state index in [4.69, 9.17) is 10.5 Å². The van der Waals surface area contributed by atoms with Crippen molar-refractivity contribution in [2.45, 2.75) is 20.0 Å². The lowest BCUT2D eigenvalue weighted by Gasteiger charge is -2.37. The molecule has 2 aromatic rings. The first-order valence-corrected chi connectivity index (χ1v) is 8.64. The highest BCUT2D eigenvalue weighted by Gasteiger charge is 2.24. The Balaban J connectivity index is 1.84. The van der Waals surface area contributed by atoms with E-state index in [2.05, 4.69) is 41.9 Å². The number of carbonyl (C=O) groups excluding carboxylic acids is 1. The van der Waals surface area contributed by atoms with Crippen LogP contribution in [0.15, 0.2) is 24.4 Å². The van der Waals surface area contributed by atoms with Gasteiger partial charge in [0, 0.05) is 31.2 Å². The van der Waals surface area contributed by atoms with Gasteiger partial charge in [0.2, 0.25) is 5.91 Å². The molecule has 1 aromatic carbocycles. The van der Waals surface area contributed by atoms with Crippen LogP contribution in [0.2, 0.25) is 0 Å². The van der Waals surface area contributed by atoms with E-state index >= 15 is 0 Å². The maximum absolute atomic E-state index is 11.1. The normalized spacial score (nSPS) is 18.1. The second-order valence-corrected chi connectivity index (χ2v) is 6.86. The van der Waals surface area contributed by atoms with Crippen molar-refractivity contribution in [2.75, 3.05) is 44.7 Å². The molecule has 0 bridgehead atoms. The Kier molecular flexibility index (Phi) is 5.20. The number of ether oxygens (including phenoxy) is 1. The highest BCUT2D eigenvalue weighted by atomic mass is 16.5. The van der Waals surface area contributed by atoms with Gasteiger partial charge in [-0.2, -0.15) is 0 Å². The third kappa shape index (κ3) is 3.91. The number of nitrogens with two attached hydrogens (primary N) is 1. The summed E-state index contributed by atoms with van der Waals surface area (Å²) < 4.78 is 5.91. The Bertz CT molecular complexity index is 777. The van der Waals surface area contributed by atoms with Crippen LogP contribution in [0.4, 0.5) is 5.69 Å². The molecule has 6 heteroatoms. The van der Waals surface area contributed by atoms with E-state index in [-0.39, 0.29) is 18.6 Å². The number of carbonyl (C=O) groups is 1. The minimum absolute atomic E-state index is 0.0468. The molecule has 2 N–H and O–H groups in total. The topological polar surface area (TPSA) is 71.7 Å². The van der Waals surface area contributed by atoms with Crippen LogP contribution in [0.25, 0.3) is 10.9 Å². The number of para-hydroxylation sites is 1. The zero-order valence-electron chi connectivity index (χ0n) is 15.2. The summed E-state index contributed by atoms with van der Waals surface area (Å²) in [6.07, 6.45) is 2.00. The number of anilines is 1. The number of hydrogen-bond donors (Lipinski definition) is 1. The Hall–Kier alpha value is -2.18. The van der Waals surface area contributed by atoms with Crippen LogP contribution in [-0.2, 0) is 9.53 Å². The van der Waals surface area contributed by atoms with Crippen LogP contribution in [0.3, 0.4) is 0 Å². The van der Waals surface area contributed by atoms with Crippen molar-refractivity contribution in [2.24, 2.45) is 5.73 Å². The number of benzene rings is 1. The number of morpholine rings is 1. The zero-order valence-corrected chi connectivity index (χ0v) is 15.2. The maximum Gasteiger partial charge on any atom is 0.231 e. The molecule has 1 aromatic heterocycles. The van der Waals surface area contributed by atoms with Crippen molar-refractivity contribution >= 4 is 22.5 Å². The molecule has 25 heavy (non-hydrogen) atoms. The molecule has 0 radical (unpaired) electrons. The molecule has 0 saturated carbocycles. The smallest absolute Gasteiger partial charge is 0.231 e. The van der Waals surface area contributed by atoms with Crippen molar-refractivity contribution in [3.63, 3.8) is 0 Å². The number of hydrogen-bond acceptors (Lipinski definition) is 5. The molecule has 3 rings (SSSR count). The Morgan fingerprint density at radius 2 is 2.20 bits per heavy atom. The Morgan fingerprint density at radius 1 is 1.40 bits per heavy atom. The molecule has 0 aliphatic carbocycles. The minimum Gasteiger partial charge on any atom is -0.373 e. The van der Waals surface area contributed by atoms with Crippen LogP contribution in [0.1, 0.15) is 11.1 Å². The minimum atomic E-state index is -0.318. The van der Waals surface area contributed by atoms with E-state index in [1.54, 1.807) is 0 Å². The molecule has 1 fully saturated rings. The Labute approximate surface area is 148 Å². The second kappa shape index (κ2) is 7.37. The fourth-order valence-electron chi connectivity index (χ4n) is 3.59. The average molecular weight is 342 g/mol. The van der Waals surface area contributed by atoms with Crippen LogP contribution >= 0.6 is 0 Å². The molecule has 1 saturated heterocycles. The lowest BCUT2D eigenvalue weighted by molar-refractivity contribution is -0.119. The Morgan fingerprint density at radius 3 is 2.96 bits per heavy atom. The van der Waals surface area contributed by atoms with Crippen molar-refractivity contribution in [1.29, 1.82) is 0 Å². The van der Waals surface area contributed by atoms with Gasteiger partial charge < -0.3 is 15.4 Å². The number of nitrogens with zero attached hydrogens (tertiary/aromatic N) is 3. The largest absolute Gasteiger partial charge is 0.373 e. The van der Waals surface area contributed by atoms with Gasteiger partial charge in [0.25, 0.3) is 0 Å². The third-order valence-corrected chi connectivity index (χ3v) is 4.65. The SMILES string of the molecule is Cc1cnc2c(C)cccc2c1N1CCO[C@@H](CN(C)CC(N)=O)C1. The van der Waals surface area contributed by atoms with E-state index in [1.165, 1.54) is 22.2 Å². The molecule has 1 atom stereocenters. The van der Waals surface area contributed by atoms with E-state index in [1.807, 2.05) is 18.1 Å². The number of fused-ring (bicyclic) bond motifs is 1. The van der Waals surface area contributed by atoms with E-state index < -0.39 is 0 Å². The predicted molar refractivity (Wildman–Crippen MR) is 99.9 cm³/mol. The number of primary amides is 1. The van der Waals surface area contributed by atoms with Crippen molar-refractivity contribution in [3.05, 3.63) is 35.5 Å². The molecule has 1 amide bonds. The molecule has 1 aliphatic rings. The van der Waals surface area contributed by atoms with E-state index in [0.29, 0.717) is 13.2 Å². The quantitative estimate of drug-likeness (QED) is 0.891. The molecule has 2 heterocycles. The van der Waals surface area contributed by atoms with Gasteiger partial charge >= 0.3 is 0 Å². The number of amides is 1. The summed E-state index contributed by atoms with van der Waals surface area (Å²) in [4.78, 5) is 20.0. The van der Waals surface area contributed by atoms with Gasteiger partial charge in [-0.3, -0.25) is 14.7 Å². The molecule has 0 unspecified atom stereocenters. The summed E-state index contributed by atoms with van der Waals surface area (Å²) in [5.74, 6) is -0.318. The predicted octanol–water partition coefficient (Wildman–Crippen LogP) is 1.47. The van der Waals surface area contributed by atoms with Crippen molar-refractivity contribution in [1.82, 2.24) is 9.88 Å². The van der Waals surface area contributed by atoms with E-state index in [0.717, 1.165) is 18.6 Å². The van der Waals surface area contributed by atoms with Gasteiger partial charge in [-0.25, -0.2) is 0 Å². The number of aryl methyl sites for hydroxylation is 2. The number of likely N-dealkylation sites (N-methyl/N-ethyl adjacent to an activating group) is 1. The van der Waals surface area contributed by atoms with Gasteiger partial charge in [0.1, 0.15) is 0 Å². The highest BCUT2D eigenvalue weighted by molar-refractivity contribution is 5.95. The van der Waals surface area contributed by atoms with Crippen LogP contribution in [0, 0.1) is 13.8 Å². The summed E-state index contributed by atoms with van der Waals surface area (Å²) in [5, 5.41) is 1.19. The molecule has 0 spiro atoms. The van der Waals surface area contributed by atoms with Gasteiger partial charge in [0.05, 0.1) is 30.5 Å². The molecule has 134 valence electrons. The number of pyridine rings is 1. The molecular formula is C19H26N4O2. The fraction of sp³-hybridized carbons (Fsp3) is 0.474. The van der Waals surface area contributed by atoms with Gasteiger partial charge in [-0.15, -0.1) is 0 Å². The highest BCUT2D eigenvalue weighted by Crippen LogP contribution is 2.31. The summed E-state index contributed by atoms with van der Waals surface area (Å²) >= 11 is 0. The van der Waals surface area contributed by atoms with Crippen LogP contribution < -0.4 is 10.6 Å². The average Bonchev–Trinajstić information content (AvgIpc) is 2.54. The summed E-state index contributed by atoms with van der Waals surface area (Å²) in [6, 6.07) is 6.32. The molecule has 6 nitrogen and oxygen atoms in total.